The molecule has 1 rings (SSSR count). The monoisotopic (exact) mass is 205 g/mol. The van der Waals surface area contributed by atoms with E-state index in [0.29, 0.717) is 0 Å². The number of benzene rings is 1. The topological polar surface area (TPSA) is 26.0 Å². The summed E-state index contributed by atoms with van der Waals surface area (Å²) in [7, 11) is 0. The number of hydrogen-bond donors (Lipinski definition) is 1. The number of nitrogens with two attached hydrogens (primary N) is 1. The number of halogens is 1. The zero-order chi connectivity index (χ0) is 11.1. The Bertz CT molecular complexity index is 353. The van der Waals surface area contributed by atoms with Crippen LogP contribution in [0.25, 0.3) is 0 Å². The maximum absolute atomic E-state index is 12.9. The summed E-state index contributed by atoms with van der Waals surface area (Å²) in [6.45, 7) is 3.49. The van der Waals surface area contributed by atoms with Crippen LogP contribution >= 0.6 is 0 Å². The molecule has 0 aliphatic carbocycles. The second-order valence-corrected chi connectivity index (χ2v) is 3.50. The molecule has 0 aliphatic rings. The molecule has 1 aromatic carbocycles. The van der Waals surface area contributed by atoms with Crippen molar-refractivity contribution in [3.05, 3.63) is 54.0 Å². The van der Waals surface area contributed by atoms with Crippen molar-refractivity contribution in [2.45, 2.75) is 25.3 Å². The van der Waals surface area contributed by atoms with Crippen LogP contribution in [0.4, 0.5) is 4.39 Å². The van der Waals surface area contributed by atoms with E-state index in [1.165, 1.54) is 12.1 Å². The van der Waals surface area contributed by atoms with Crippen LogP contribution in [0.3, 0.4) is 0 Å². The van der Waals surface area contributed by atoms with Gasteiger partial charge in [-0.1, -0.05) is 18.7 Å². The Kier molecular flexibility index (Phi) is 4.82. The van der Waals surface area contributed by atoms with Gasteiger partial charge in [-0.15, -0.1) is 5.73 Å². The van der Waals surface area contributed by atoms with Gasteiger partial charge in [-0.25, -0.2) is 4.39 Å². The maximum Gasteiger partial charge on any atom is 0.123 e. The van der Waals surface area contributed by atoms with Gasteiger partial charge in [0.05, 0.1) is 0 Å². The van der Waals surface area contributed by atoms with E-state index in [1.807, 2.05) is 12.1 Å². The first-order valence-electron chi connectivity index (χ1n) is 5.09. The lowest BCUT2D eigenvalue weighted by Gasteiger charge is -2.10. The van der Waals surface area contributed by atoms with Crippen molar-refractivity contribution in [1.82, 2.24) is 0 Å². The Morgan fingerprint density at radius 1 is 1.53 bits per heavy atom. The number of hydrogen-bond acceptors (Lipinski definition) is 1. The van der Waals surface area contributed by atoms with Gasteiger partial charge in [0.1, 0.15) is 5.82 Å². The van der Waals surface area contributed by atoms with Crippen molar-refractivity contribution in [2.24, 2.45) is 5.73 Å². The molecule has 0 aliphatic heterocycles. The lowest BCUT2D eigenvalue weighted by atomic mass is 10.0. The quantitative estimate of drug-likeness (QED) is 0.579. The highest BCUT2D eigenvalue weighted by Crippen LogP contribution is 2.17. The van der Waals surface area contributed by atoms with Crippen molar-refractivity contribution in [3.8, 4) is 0 Å². The third-order valence-electron chi connectivity index (χ3n) is 2.28. The molecular formula is C13H16FN. The fourth-order valence-electron chi connectivity index (χ4n) is 1.45. The van der Waals surface area contributed by atoms with Gasteiger partial charge < -0.3 is 5.73 Å². The largest absolute Gasteiger partial charge is 0.324 e. The van der Waals surface area contributed by atoms with Crippen molar-refractivity contribution in [2.75, 3.05) is 0 Å². The predicted molar refractivity (Wildman–Crippen MR) is 60.9 cm³/mol. The summed E-state index contributed by atoms with van der Waals surface area (Å²) in [5.41, 5.74) is 9.50. The zero-order valence-corrected chi connectivity index (χ0v) is 8.75. The van der Waals surface area contributed by atoms with Gasteiger partial charge in [0.25, 0.3) is 0 Å². The summed E-state index contributed by atoms with van der Waals surface area (Å²) in [6.07, 6.45) is 4.63. The molecule has 80 valence electrons. The molecule has 1 nitrogen and oxygen atoms in total. The van der Waals surface area contributed by atoms with Crippen LogP contribution in [0.1, 0.15) is 30.9 Å². The first kappa shape index (κ1) is 11.7. The predicted octanol–water partition coefficient (Wildman–Crippen LogP) is 3.34. The van der Waals surface area contributed by atoms with E-state index < -0.39 is 0 Å². The Morgan fingerprint density at radius 2 is 2.33 bits per heavy atom. The molecule has 0 heterocycles. The third-order valence-corrected chi connectivity index (χ3v) is 2.28. The molecule has 15 heavy (non-hydrogen) atoms. The maximum atomic E-state index is 12.9. The van der Waals surface area contributed by atoms with E-state index in [4.69, 9.17) is 5.73 Å². The van der Waals surface area contributed by atoms with E-state index in [1.54, 1.807) is 6.07 Å². The van der Waals surface area contributed by atoms with Crippen LogP contribution in [0.2, 0.25) is 0 Å². The van der Waals surface area contributed by atoms with Gasteiger partial charge in [-0.3, -0.25) is 0 Å². The SMILES string of the molecule is C=C=CCCC[C@@H](N)c1cccc(F)c1. The van der Waals surface area contributed by atoms with Crippen LogP contribution < -0.4 is 5.73 Å². The minimum absolute atomic E-state index is 0.0843. The lowest BCUT2D eigenvalue weighted by molar-refractivity contribution is 0.596. The fourth-order valence-corrected chi connectivity index (χ4v) is 1.45. The van der Waals surface area contributed by atoms with Gasteiger partial charge in [0.15, 0.2) is 0 Å². The molecule has 0 saturated carbocycles. The molecular weight excluding hydrogens is 189 g/mol. The van der Waals surface area contributed by atoms with E-state index in [-0.39, 0.29) is 11.9 Å². The Morgan fingerprint density at radius 3 is 3.00 bits per heavy atom. The molecule has 0 aromatic heterocycles. The van der Waals surface area contributed by atoms with Gasteiger partial charge in [0.2, 0.25) is 0 Å². The highest BCUT2D eigenvalue weighted by molar-refractivity contribution is 5.19. The van der Waals surface area contributed by atoms with E-state index in [9.17, 15) is 4.39 Å². The molecule has 0 spiro atoms. The van der Waals surface area contributed by atoms with Crippen LogP contribution in [0, 0.1) is 5.82 Å². The first-order chi connectivity index (χ1) is 7.24. The van der Waals surface area contributed by atoms with Crippen LogP contribution in [0.15, 0.2) is 42.7 Å². The molecule has 0 unspecified atom stereocenters. The molecule has 0 amide bonds. The van der Waals surface area contributed by atoms with Crippen LogP contribution in [0.5, 0.6) is 0 Å². The van der Waals surface area contributed by atoms with E-state index in [0.717, 1.165) is 24.8 Å². The van der Waals surface area contributed by atoms with Gasteiger partial charge in [-0.2, -0.15) is 0 Å². The van der Waals surface area contributed by atoms with Gasteiger partial charge >= 0.3 is 0 Å². The normalized spacial score (nSPS) is 11.9. The number of allylic oxidation sites excluding steroid dienone is 1. The summed E-state index contributed by atoms with van der Waals surface area (Å²) in [5, 5.41) is 0. The number of unbranched alkanes of at least 4 members (excludes halogenated alkanes) is 1. The average molecular weight is 205 g/mol. The van der Waals surface area contributed by atoms with E-state index >= 15 is 0 Å². The smallest absolute Gasteiger partial charge is 0.123 e. The molecule has 0 radical (unpaired) electrons. The van der Waals surface area contributed by atoms with Crippen molar-refractivity contribution in [3.63, 3.8) is 0 Å². The summed E-state index contributed by atoms with van der Waals surface area (Å²) in [6, 6.07) is 6.38. The molecule has 1 aromatic rings. The molecule has 0 saturated heterocycles. The van der Waals surface area contributed by atoms with E-state index in [2.05, 4.69) is 12.3 Å². The summed E-state index contributed by atoms with van der Waals surface area (Å²) < 4.78 is 12.9. The Labute approximate surface area is 90.1 Å². The highest BCUT2D eigenvalue weighted by Gasteiger charge is 2.05. The Hall–Kier alpha value is -1.37. The summed E-state index contributed by atoms with van der Waals surface area (Å²) in [4.78, 5) is 0. The second kappa shape index (κ2) is 6.18. The first-order valence-corrected chi connectivity index (χ1v) is 5.09. The van der Waals surface area contributed by atoms with Crippen LogP contribution in [-0.4, -0.2) is 0 Å². The molecule has 0 bridgehead atoms. The standard InChI is InChI=1S/C13H16FN/c1-2-3-4-5-9-13(15)11-7-6-8-12(14)10-11/h3,6-8,10,13H,1,4-5,9,15H2/t13-/m1/s1. The second-order valence-electron chi connectivity index (χ2n) is 3.50. The average Bonchev–Trinajstić information content (AvgIpc) is 2.24. The molecule has 1 atom stereocenters. The van der Waals surface area contributed by atoms with Crippen molar-refractivity contribution in [1.29, 1.82) is 0 Å². The minimum Gasteiger partial charge on any atom is -0.324 e. The minimum atomic E-state index is -0.228. The van der Waals surface area contributed by atoms with Crippen molar-refractivity contribution >= 4 is 0 Å². The lowest BCUT2D eigenvalue weighted by Crippen LogP contribution is -2.10. The highest BCUT2D eigenvalue weighted by atomic mass is 19.1. The molecule has 0 fully saturated rings. The van der Waals surface area contributed by atoms with Gasteiger partial charge in [-0.05, 0) is 43.0 Å². The number of rotatable bonds is 5. The summed E-state index contributed by atoms with van der Waals surface area (Å²) >= 11 is 0. The third kappa shape index (κ3) is 4.11. The fraction of sp³-hybridized carbons (Fsp3) is 0.308. The summed E-state index contributed by atoms with van der Waals surface area (Å²) in [5.74, 6) is -0.228. The Balaban J connectivity index is 2.46. The molecule has 2 N–H and O–H groups in total. The van der Waals surface area contributed by atoms with Gasteiger partial charge in [0, 0.05) is 6.04 Å². The van der Waals surface area contributed by atoms with Crippen LogP contribution in [-0.2, 0) is 0 Å². The molecule has 2 heteroatoms. The zero-order valence-electron chi connectivity index (χ0n) is 8.75. The van der Waals surface area contributed by atoms with Crippen molar-refractivity contribution < 1.29 is 4.39 Å².